The Morgan fingerprint density at radius 1 is 1.07 bits per heavy atom. The first-order valence-corrected chi connectivity index (χ1v) is 10.6. The molecule has 0 fully saturated rings. The summed E-state index contributed by atoms with van der Waals surface area (Å²) < 4.78 is 43.3. The quantitative estimate of drug-likeness (QED) is 0.531. The van der Waals surface area contributed by atoms with Crippen molar-refractivity contribution in [2.75, 3.05) is 4.72 Å². The van der Waals surface area contributed by atoms with Crippen LogP contribution in [0.1, 0.15) is 12.6 Å². The second-order valence-electron chi connectivity index (χ2n) is 6.54. The summed E-state index contributed by atoms with van der Waals surface area (Å²) in [5.74, 6) is -0.839. The summed E-state index contributed by atoms with van der Waals surface area (Å²) in [7, 11) is -4.15. The Labute approximate surface area is 171 Å². The van der Waals surface area contributed by atoms with Gasteiger partial charge in [-0.15, -0.1) is 0 Å². The molecule has 30 heavy (non-hydrogen) atoms. The molecule has 0 bridgehead atoms. The van der Waals surface area contributed by atoms with Crippen LogP contribution in [0.4, 0.5) is 10.1 Å². The Morgan fingerprint density at radius 3 is 2.63 bits per heavy atom. The molecule has 0 aliphatic carbocycles. The van der Waals surface area contributed by atoms with Crippen LogP contribution in [0.5, 0.6) is 0 Å². The third-order valence-electron chi connectivity index (χ3n) is 4.60. The van der Waals surface area contributed by atoms with Crippen LogP contribution in [0.25, 0.3) is 16.8 Å². The van der Waals surface area contributed by atoms with E-state index in [9.17, 15) is 17.6 Å². The van der Waals surface area contributed by atoms with Crippen LogP contribution in [-0.4, -0.2) is 22.8 Å². The van der Waals surface area contributed by atoms with Gasteiger partial charge < -0.3 is 0 Å². The number of nitrogens with one attached hydrogen (secondary N) is 1. The van der Waals surface area contributed by atoms with Gasteiger partial charge in [-0.2, -0.15) is 0 Å². The Balaban J connectivity index is 1.79. The van der Waals surface area contributed by atoms with Gasteiger partial charge in [0.15, 0.2) is 0 Å². The predicted molar refractivity (Wildman–Crippen MR) is 111 cm³/mol. The zero-order chi connectivity index (χ0) is 21.3. The van der Waals surface area contributed by atoms with Crippen LogP contribution >= 0.6 is 0 Å². The number of benzene rings is 1. The summed E-state index contributed by atoms with van der Waals surface area (Å²) in [5.41, 5.74) is 2.26. The molecule has 0 saturated heterocycles. The molecule has 0 aliphatic heterocycles. The average molecular weight is 424 g/mol. The fourth-order valence-electron chi connectivity index (χ4n) is 3.09. The molecule has 9 heteroatoms. The van der Waals surface area contributed by atoms with Gasteiger partial charge in [0.2, 0.25) is 0 Å². The highest BCUT2D eigenvalue weighted by molar-refractivity contribution is 7.92. The van der Waals surface area contributed by atoms with Crippen LogP contribution in [0.15, 0.2) is 76.8 Å². The Kier molecular flexibility index (Phi) is 5.04. The number of aromatic nitrogens is 3. The summed E-state index contributed by atoms with van der Waals surface area (Å²) in [6, 6.07) is 11.6. The van der Waals surface area contributed by atoms with Crippen LogP contribution in [-0.2, 0) is 16.4 Å². The normalized spacial score (nSPS) is 11.5. The second kappa shape index (κ2) is 7.68. The van der Waals surface area contributed by atoms with E-state index in [2.05, 4.69) is 14.7 Å². The van der Waals surface area contributed by atoms with Crippen molar-refractivity contribution in [1.29, 1.82) is 0 Å². The van der Waals surface area contributed by atoms with Crippen molar-refractivity contribution in [3.63, 3.8) is 0 Å². The van der Waals surface area contributed by atoms with Gasteiger partial charge in [-0.05, 0) is 36.8 Å². The standard InChI is InChI=1S/C21H17FN4O3S/c1-2-17-18(25-30(28,29)19-6-4-3-5-16(19)22)11-15(12-24-17)14-7-8-20-23-10-9-21(27)26(20)13-14/h3-13,25H,2H2,1H3. The van der Waals surface area contributed by atoms with Gasteiger partial charge in [-0.25, -0.2) is 17.8 Å². The SMILES string of the molecule is CCc1ncc(-c2ccc3nccc(=O)n3c2)cc1NS(=O)(=O)c1ccccc1F. The van der Waals surface area contributed by atoms with Crippen molar-refractivity contribution >= 4 is 21.4 Å². The van der Waals surface area contributed by atoms with Crippen molar-refractivity contribution in [1.82, 2.24) is 14.4 Å². The Morgan fingerprint density at radius 2 is 1.87 bits per heavy atom. The number of halogens is 1. The number of sulfonamides is 1. The van der Waals surface area contributed by atoms with Crippen molar-refractivity contribution in [2.24, 2.45) is 0 Å². The maximum Gasteiger partial charge on any atom is 0.264 e. The molecule has 0 saturated carbocycles. The lowest BCUT2D eigenvalue weighted by Gasteiger charge is -2.13. The number of aryl methyl sites for hydroxylation is 1. The first-order valence-electron chi connectivity index (χ1n) is 9.13. The van der Waals surface area contributed by atoms with E-state index in [1.165, 1.54) is 34.9 Å². The number of hydrogen-bond donors (Lipinski definition) is 1. The van der Waals surface area contributed by atoms with Gasteiger partial charge in [0.25, 0.3) is 15.6 Å². The molecule has 7 nitrogen and oxygen atoms in total. The third kappa shape index (κ3) is 3.67. The van der Waals surface area contributed by atoms with Crippen molar-refractivity contribution in [3.8, 4) is 11.1 Å². The van der Waals surface area contributed by atoms with E-state index in [4.69, 9.17) is 0 Å². The van der Waals surface area contributed by atoms with Gasteiger partial charge >= 0.3 is 0 Å². The number of rotatable bonds is 5. The minimum atomic E-state index is -4.15. The highest BCUT2D eigenvalue weighted by Gasteiger charge is 2.20. The summed E-state index contributed by atoms with van der Waals surface area (Å²) in [6.07, 6.45) is 5.12. The minimum Gasteiger partial charge on any atom is -0.278 e. The Bertz CT molecular complexity index is 1420. The number of anilines is 1. The largest absolute Gasteiger partial charge is 0.278 e. The van der Waals surface area contributed by atoms with Crippen LogP contribution in [0.2, 0.25) is 0 Å². The fraction of sp³-hybridized carbons (Fsp3) is 0.0952. The summed E-state index contributed by atoms with van der Waals surface area (Å²) in [5, 5.41) is 0. The van der Waals surface area contributed by atoms with E-state index < -0.39 is 20.7 Å². The smallest absolute Gasteiger partial charge is 0.264 e. The second-order valence-corrected chi connectivity index (χ2v) is 8.19. The summed E-state index contributed by atoms with van der Waals surface area (Å²) in [6.45, 7) is 1.84. The van der Waals surface area contributed by atoms with Gasteiger partial charge in [0, 0.05) is 35.8 Å². The zero-order valence-electron chi connectivity index (χ0n) is 15.9. The molecule has 0 spiro atoms. The lowest BCUT2D eigenvalue weighted by molar-refractivity contribution is 0.570. The first-order chi connectivity index (χ1) is 14.4. The summed E-state index contributed by atoms with van der Waals surface area (Å²) >= 11 is 0. The molecular weight excluding hydrogens is 407 g/mol. The lowest BCUT2D eigenvalue weighted by Crippen LogP contribution is -2.16. The molecule has 0 unspecified atom stereocenters. The highest BCUT2D eigenvalue weighted by Crippen LogP contribution is 2.27. The van der Waals surface area contributed by atoms with Crippen molar-refractivity contribution in [3.05, 3.63) is 89.0 Å². The first kappa shape index (κ1) is 19.7. The summed E-state index contributed by atoms with van der Waals surface area (Å²) in [4.78, 5) is 20.1. The number of fused-ring (bicyclic) bond motifs is 1. The van der Waals surface area contributed by atoms with Crippen molar-refractivity contribution in [2.45, 2.75) is 18.2 Å². The number of nitrogens with zero attached hydrogens (tertiary/aromatic N) is 3. The van der Waals surface area contributed by atoms with Crippen LogP contribution in [0.3, 0.4) is 0 Å². The molecule has 1 aromatic carbocycles. The highest BCUT2D eigenvalue weighted by atomic mass is 32.2. The van der Waals surface area contributed by atoms with E-state index in [1.807, 2.05) is 6.92 Å². The topological polar surface area (TPSA) is 93.4 Å². The van der Waals surface area contributed by atoms with Gasteiger partial charge in [0.1, 0.15) is 16.4 Å². The molecule has 0 aliphatic rings. The lowest BCUT2D eigenvalue weighted by atomic mass is 10.1. The molecule has 4 aromatic rings. The molecule has 4 rings (SSSR count). The van der Waals surface area contributed by atoms with Crippen LogP contribution < -0.4 is 10.3 Å². The van der Waals surface area contributed by atoms with E-state index in [1.54, 1.807) is 30.6 Å². The maximum atomic E-state index is 14.0. The predicted octanol–water partition coefficient (Wildman–Crippen LogP) is 3.26. The Hall–Kier alpha value is -3.59. The van der Waals surface area contributed by atoms with E-state index in [-0.39, 0.29) is 11.2 Å². The molecular formula is C21H17FN4O3S. The molecule has 0 radical (unpaired) electrons. The molecule has 3 aromatic heterocycles. The average Bonchev–Trinajstić information content (AvgIpc) is 2.74. The fourth-order valence-corrected chi connectivity index (χ4v) is 4.25. The molecule has 0 amide bonds. The molecule has 152 valence electrons. The van der Waals surface area contributed by atoms with Gasteiger partial charge in [0.05, 0.1) is 11.4 Å². The maximum absolute atomic E-state index is 14.0. The number of hydrogen-bond acceptors (Lipinski definition) is 5. The van der Waals surface area contributed by atoms with Crippen LogP contribution in [0, 0.1) is 5.82 Å². The van der Waals surface area contributed by atoms with E-state index >= 15 is 0 Å². The molecule has 3 heterocycles. The molecule has 0 atom stereocenters. The van der Waals surface area contributed by atoms with Gasteiger partial charge in [-0.3, -0.25) is 18.9 Å². The minimum absolute atomic E-state index is 0.236. The number of pyridine rings is 2. The van der Waals surface area contributed by atoms with E-state index in [0.717, 1.165) is 6.07 Å². The zero-order valence-corrected chi connectivity index (χ0v) is 16.7. The third-order valence-corrected chi connectivity index (χ3v) is 6.00. The van der Waals surface area contributed by atoms with Crippen molar-refractivity contribution < 1.29 is 12.8 Å². The van der Waals surface area contributed by atoms with Gasteiger partial charge in [-0.1, -0.05) is 19.1 Å². The monoisotopic (exact) mass is 424 g/mol. The van der Waals surface area contributed by atoms with E-state index in [0.29, 0.717) is 28.9 Å². The molecule has 1 N–H and O–H groups in total.